The molecule has 1 aliphatic heterocycles. The van der Waals surface area contributed by atoms with Gasteiger partial charge in [-0.25, -0.2) is 0 Å². The van der Waals surface area contributed by atoms with Crippen molar-refractivity contribution < 1.29 is 4.84 Å². The van der Waals surface area contributed by atoms with E-state index in [1.165, 1.54) is 5.56 Å². The Bertz CT molecular complexity index is 222. The van der Waals surface area contributed by atoms with Crippen LogP contribution in [0.2, 0.25) is 0 Å². The Morgan fingerprint density at radius 1 is 1.36 bits per heavy atom. The lowest BCUT2D eigenvalue weighted by Crippen LogP contribution is -2.12. The zero-order valence-electron chi connectivity index (χ0n) is 6.13. The van der Waals surface area contributed by atoms with Gasteiger partial charge in [-0.1, -0.05) is 18.2 Å². The molecule has 11 heavy (non-hydrogen) atoms. The first kappa shape index (κ1) is 6.68. The highest BCUT2D eigenvalue weighted by molar-refractivity contribution is 5.33. The van der Waals surface area contributed by atoms with Gasteiger partial charge in [0.15, 0.2) is 0 Å². The van der Waals surface area contributed by atoms with Gasteiger partial charge in [-0.15, -0.1) is 5.48 Å². The normalized spacial score (nSPS) is 16.4. The first-order chi connectivity index (χ1) is 5.47. The molecule has 0 aromatic heterocycles. The maximum atomic E-state index is 5.19. The second-order valence-corrected chi connectivity index (χ2v) is 2.49. The number of aryl methyl sites for hydroxylation is 1. The van der Waals surface area contributed by atoms with E-state index < -0.39 is 0 Å². The molecule has 0 saturated heterocycles. The minimum absolute atomic E-state index is 0.900. The third kappa shape index (κ3) is 1.35. The standard InChI is InChI=1S/C9H9NO/c1-2-6-9-8(4-1)5-3-7-10-11-9/h1-2,4,6,10H,3,5H2. The molecular formula is C9H9NO. The fraction of sp³-hybridized carbons (Fsp3) is 0.222. The number of para-hydroxylation sites is 1. The monoisotopic (exact) mass is 147 g/mol. The maximum absolute atomic E-state index is 5.19. The predicted octanol–water partition coefficient (Wildman–Crippen LogP) is 1.55. The number of hydroxylamine groups is 1. The summed E-state index contributed by atoms with van der Waals surface area (Å²) in [4.78, 5) is 5.19. The van der Waals surface area contributed by atoms with E-state index in [9.17, 15) is 0 Å². The van der Waals surface area contributed by atoms with Crippen LogP contribution in [0, 0.1) is 6.54 Å². The summed E-state index contributed by atoms with van der Waals surface area (Å²) in [6.45, 7) is 2.92. The molecule has 0 spiro atoms. The van der Waals surface area contributed by atoms with E-state index in [1.54, 1.807) is 0 Å². The van der Waals surface area contributed by atoms with Crippen molar-refractivity contribution in [3.8, 4) is 5.75 Å². The molecule has 0 amide bonds. The molecule has 0 aliphatic carbocycles. The summed E-state index contributed by atoms with van der Waals surface area (Å²) in [6.07, 6.45) is 1.90. The van der Waals surface area contributed by atoms with E-state index in [0.29, 0.717) is 0 Å². The van der Waals surface area contributed by atoms with Crippen LogP contribution in [-0.4, -0.2) is 0 Å². The van der Waals surface area contributed by atoms with Gasteiger partial charge in [-0.2, -0.15) is 0 Å². The fourth-order valence-electron chi connectivity index (χ4n) is 1.15. The average molecular weight is 147 g/mol. The molecule has 1 N–H and O–H groups in total. The van der Waals surface area contributed by atoms with Gasteiger partial charge in [0.25, 0.3) is 0 Å². The Labute approximate surface area is 66.1 Å². The predicted molar refractivity (Wildman–Crippen MR) is 41.8 cm³/mol. The first-order valence-corrected chi connectivity index (χ1v) is 3.69. The van der Waals surface area contributed by atoms with Gasteiger partial charge in [0, 0.05) is 0 Å². The van der Waals surface area contributed by atoms with Crippen molar-refractivity contribution in [2.45, 2.75) is 12.8 Å². The number of benzene rings is 1. The third-order valence-corrected chi connectivity index (χ3v) is 1.73. The molecule has 0 fully saturated rings. The Balaban J connectivity index is 2.33. The average Bonchev–Trinajstić information content (AvgIpc) is 2.28. The lowest BCUT2D eigenvalue weighted by atomic mass is 10.1. The van der Waals surface area contributed by atoms with Gasteiger partial charge in [-0.3, -0.25) is 0 Å². The zero-order valence-corrected chi connectivity index (χ0v) is 6.13. The van der Waals surface area contributed by atoms with Crippen molar-refractivity contribution in [3.63, 3.8) is 0 Å². The topological polar surface area (TPSA) is 21.3 Å². The molecule has 1 heterocycles. The summed E-state index contributed by atoms with van der Waals surface area (Å²) in [5, 5.41) is 0. The van der Waals surface area contributed by atoms with Crippen LogP contribution >= 0.6 is 0 Å². The maximum Gasteiger partial charge on any atom is 0.150 e. The number of fused-ring (bicyclic) bond motifs is 1. The van der Waals surface area contributed by atoms with Gasteiger partial charge in [-0.05, 0) is 24.5 Å². The molecule has 1 aromatic rings. The van der Waals surface area contributed by atoms with Crippen molar-refractivity contribution >= 4 is 0 Å². The molecule has 2 rings (SSSR count). The first-order valence-electron chi connectivity index (χ1n) is 3.69. The quantitative estimate of drug-likeness (QED) is 0.601. The van der Waals surface area contributed by atoms with E-state index >= 15 is 0 Å². The highest BCUT2D eigenvalue weighted by Crippen LogP contribution is 2.20. The Morgan fingerprint density at radius 2 is 2.27 bits per heavy atom. The van der Waals surface area contributed by atoms with Gasteiger partial charge in [0.2, 0.25) is 0 Å². The minimum atomic E-state index is 0.900. The molecule has 0 saturated carbocycles. The lowest BCUT2D eigenvalue weighted by molar-refractivity contribution is 0.226. The Hall–Kier alpha value is -1.02. The van der Waals surface area contributed by atoms with Crippen molar-refractivity contribution in [2.75, 3.05) is 0 Å². The van der Waals surface area contributed by atoms with E-state index in [4.69, 9.17) is 4.84 Å². The fourth-order valence-corrected chi connectivity index (χ4v) is 1.15. The summed E-state index contributed by atoms with van der Waals surface area (Å²) in [6, 6.07) is 8.01. The third-order valence-electron chi connectivity index (χ3n) is 1.73. The van der Waals surface area contributed by atoms with E-state index in [2.05, 4.69) is 18.1 Å². The summed E-state index contributed by atoms with van der Waals surface area (Å²) in [5.74, 6) is 0.914. The van der Waals surface area contributed by atoms with Crippen LogP contribution in [0.1, 0.15) is 12.0 Å². The Morgan fingerprint density at radius 3 is 3.27 bits per heavy atom. The summed E-state index contributed by atoms with van der Waals surface area (Å²) < 4.78 is 0. The molecular weight excluding hydrogens is 138 g/mol. The highest BCUT2D eigenvalue weighted by atomic mass is 16.6. The largest absolute Gasteiger partial charge is 0.408 e. The van der Waals surface area contributed by atoms with E-state index in [-0.39, 0.29) is 0 Å². The van der Waals surface area contributed by atoms with E-state index in [0.717, 1.165) is 18.6 Å². The summed E-state index contributed by atoms with van der Waals surface area (Å²) in [7, 11) is 0. The van der Waals surface area contributed by atoms with Crippen LogP contribution < -0.4 is 10.3 Å². The molecule has 1 aromatic carbocycles. The van der Waals surface area contributed by atoms with E-state index in [1.807, 2.05) is 18.2 Å². The minimum Gasteiger partial charge on any atom is -0.408 e. The smallest absolute Gasteiger partial charge is 0.150 e. The molecule has 1 aliphatic rings. The Kier molecular flexibility index (Phi) is 1.78. The molecule has 2 nitrogen and oxygen atoms in total. The van der Waals surface area contributed by atoms with Crippen LogP contribution in [0.15, 0.2) is 24.3 Å². The van der Waals surface area contributed by atoms with Gasteiger partial charge >= 0.3 is 0 Å². The number of hydrogen-bond donors (Lipinski definition) is 1. The summed E-state index contributed by atoms with van der Waals surface area (Å²) in [5.41, 5.74) is 3.89. The van der Waals surface area contributed by atoms with Crippen LogP contribution in [0.4, 0.5) is 0 Å². The molecule has 2 heteroatoms. The van der Waals surface area contributed by atoms with Gasteiger partial charge in [0.05, 0.1) is 0 Å². The summed E-state index contributed by atoms with van der Waals surface area (Å²) >= 11 is 0. The number of rotatable bonds is 0. The molecule has 0 unspecified atom stereocenters. The molecule has 0 atom stereocenters. The number of nitrogens with one attached hydrogen (secondary N) is 1. The second-order valence-electron chi connectivity index (χ2n) is 2.49. The zero-order chi connectivity index (χ0) is 7.52. The second kappa shape index (κ2) is 2.93. The molecule has 2 radical (unpaired) electrons. The van der Waals surface area contributed by atoms with Crippen molar-refractivity contribution in [2.24, 2.45) is 0 Å². The highest BCUT2D eigenvalue weighted by Gasteiger charge is 2.06. The molecule has 0 bridgehead atoms. The SMILES string of the molecule is [C]1CCc2ccccc2ON1. The van der Waals surface area contributed by atoms with Crippen molar-refractivity contribution in [3.05, 3.63) is 36.4 Å². The van der Waals surface area contributed by atoms with Crippen molar-refractivity contribution in [1.82, 2.24) is 5.48 Å². The van der Waals surface area contributed by atoms with Crippen LogP contribution in [0.3, 0.4) is 0 Å². The molecule has 56 valence electrons. The van der Waals surface area contributed by atoms with Crippen molar-refractivity contribution in [1.29, 1.82) is 0 Å². The van der Waals surface area contributed by atoms with Crippen LogP contribution in [-0.2, 0) is 6.42 Å². The van der Waals surface area contributed by atoms with Crippen LogP contribution in [0.5, 0.6) is 5.75 Å². The van der Waals surface area contributed by atoms with Gasteiger partial charge in [0.1, 0.15) is 12.3 Å². The van der Waals surface area contributed by atoms with Gasteiger partial charge < -0.3 is 4.84 Å². The lowest BCUT2D eigenvalue weighted by Gasteiger charge is -2.03. The number of hydrogen-bond acceptors (Lipinski definition) is 2. The van der Waals surface area contributed by atoms with Crippen LogP contribution in [0.25, 0.3) is 0 Å².